The first-order valence-electron chi connectivity index (χ1n) is 9.88. The molecular formula is C27H20N2O. The van der Waals surface area contributed by atoms with Gasteiger partial charge in [-0.15, -0.1) is 0 Å². The average Bonchev–Trinajstić information content (AvgIpc) is 3.26. The highest BCUT2D eigenvalue weighted by Gasteiger charge is 2.15. The Bertz CT molecular complexity index is 1270. The summed E-state index contributed by atoms with van der Waals surface area (Å²) in [5.41, 5.74) is 7.16. The first kappa shape index (κ1) is 18.0. The molecule has 0 bridgehead atoms. The summed E-state index contributed by atoms with van der Waals surface area (Å²) >= 11 is 0. The lowest BCUT2D eigenvalue weighted by atomic mass is 10.0. The van der Waals surface area contributed by atoms with Crippen LogP contribution in [-0.4, -0.2) is 15.1 Å². The fourth-order valence-corrected chi connectivity index (χ4v) is 3.64. The van der Waals surface area contributed by atoms with Crippen molar-refractivity contribution in [2.24, 2.45) is 0 Å². The van der Waals surface area contributed by atoms with Crippen LogP contribution in [0.4, 0.5) is 0 Å². The predicted molar refractivity (Wildman–Crippen MR) is 122 cm³/mol. The van der Waals surface area contributed by atoms with Crippen LogP contribution in [0.1, 0.15) is 0 Å². The molecule has 3 nitrogen and oxygen atoms in total. The zero-order valence-corrected chi connectivity index (χ0v) is 16.3. The average molecular weight is 388 g/mol. The molecule has 0 saturated carbocycles. The molecule has 5 rings (SSSR count). The Morgan fingerprint density at radius 1 is 0.533 bits per heavy atom. The van der Waals surface area contributed by atoms with E-state index in [1.54, 1.807) is 12.1 Å². The van der Waals surface area contributed by atoms with Crippen molar-refractivity contribution in [3.8, 4) is 50.8 Å². The highest BCUT2D eigenvalue weighted by Crippen LogP contribution is 2.34. The van der Waals surface area contributed by atoms with Gasteiger partial charge in [0.05, 0.1) is 11.4 Å². The molecule has 0 amide bonds. The van der Waals surface area contributed by atoms with E-state index in [1.807, 2.05) is 48.5 Å². The third-order valence-corrected chi connectivity index (χ3v) is 5.15. The Morgan fingerprint density at radius 3 is 1.77 bits per heavy atom. The molecule has 1 aromatic heterocycles. The van der Waals surface area contributed by atoms with Crippen LogP contribution in [0.5, 0.6) is 5.75 Å². The van der Waals surface area contributed by atoms with E-state index in [0.717, 1.165) is 33.9 Å². The zero-order valence-electron chi connectivity index (χ0n) is 16.3. The van der Waals surface area contributed by atoms with Gasteiger partial charge in [0.2, 0.25) is 0 Å². The highest BCUT2D eigenvalue weighted by atomic mass is 16.3. The summed E-state index contributed by atoms with van der Waals surface area (Å²) in [7, 11) is 0. The van der Waals surface area contributed by atoms with Crippen molar-refractivity contribution < 1.29 is 5.11 Å². The molecule has 0 radical (unpaired) electrons. The maximum atomic E-state index is 9.88. The molecular weight excluding hydrogens is 368 g/mol. The van der Waals surface area contributed by atoms with Gasteiger partial charge >= 0.3 is 0 Å². The number of aromatic amines is 1. The van der Waals surface area contributed by atoms with Crippen molar-refractivity contribution in [3.63, 3.8) is 0 Å². The number of nitrogens with zero attached hydrogens (tertiary/aromatic N) is 1. The van der Waals surface area contributed by atoms with Crippen LogP contribution in [0, 0.1) is 0 Å². The minimum Gasteiger partial charge on any atom is -0.508 e. The Kier molecular flexibility index (Phi) is 4.62. The molecule has 1 heterocycles. The van der Waals surface area contributed by atoms with Gasteiger partial charge in [-0.3, -0.25) is 0 Å². The van der Waals surface area contributed by atoms with E-state index in [9.17, 15) is 5.11 Å². The predicted octanol–water partition coefficient (Wildman–Crippen LogP) is 6.78. The quantitative estimate of drug-likeness (QED) is 0.356. The van der Waals surface area contributed by atoms with Gasteiger partial charge in [-0.2, -0.15) is 0 Å². The van der Waals surface area contributed by atoms with Gasteiger partial charge in [0.1, 0.15) is 11.6 Å². The smallest absolute Gasteiger partial charge is 0.138 e. The van der Waals surface area contributed by atoms with E-state index in [4.69, 9.17) is 4.98 Å². The molecule has 0 saturated heterocycles. The Labute approximate surface area is 175 Å². The molecule has 2 N–H and O–H groups in total. The molecule has 144 valence electrons. The van der Waals surface area contributed by atoms with E-state index in [1.165, 1.54) is 11.1 Å². The zero-order chi connectivity index (χ0) is 20.3. The molecule has 30 heavy (non-hydrogen) atoms. The summed E-state index contributed by atoms with van der Waals surface area (Å²) in [6.07, 6.45) is 0. The summed E-state index contributed by atoms with van der Waals surface area (Å²) in [5.74, 6) is 0.950. The summed E-state index contributed by atoms with van der Waals surface area (Å²) in [5, 5.41) is 9.88. The molecule has 4 aromatic carbocycles. The second kappa shape index (κ2) is 7.72. The van der Waals surface area contributed by atoms with Crippen molar-refractivity contribution in [1.29, 1.82) is 0 Å². The van der Waals surface area contributed by atoms with Crippen LogP contribution in [0.15, 0.2) is 109 Å². The van der Waals surface area contributed by atoms with Gasteiger partial charge in [-0.1, -0.05) is 97.1 Å². The number of H-pyrrole nitrogens is 1. The summed E-state index contributed by atoms with van der Waals surface area (Å²) in [6.45, 7) is 0. The van der Waals surface area contributed by atoms with Crippen molar-refractivity contribution >= 4 is 0 Å². The number of benzene rings is 4. The number of hydrogen-bond donors (Lipinski definition) is 2. The molecule has 5 aromatic rings. The molecule has 0 aliphatic heterocycles. The Balaban J connectivity index is 1.61. The van der Waals surface area contributed by atoms with E-state index < -0.39 is 0 Å². The molecule has 0 aliphatic carbocycles. The number of hydrogen-bond acceptors (Lipinski definition) is 2. The molecule has 0 spiro atoms. The second-order valence-electron chi connectivity index (χ2n) is 7.17. The fourth-order valence-electron chi connectivity index (χ4n) is 3.64. The van der Waals surface area contributed by atoms with E-state index in [-0.39, 0.29) is 5.75 Å². The Hall–Kier alpha value is -4.11. The number of phenolic OH excluding ortho intramolecular Hbond substituents is 1. The lowest BCUT2D eigenvalue weighted by molar-refractivity contribution is 0.475. The fraction of sp³-hybridized carbons (Fsp3) is 0. The van der Waals surface area contributed by atoms with Crippen LogP contribution in [0.25, 0.3) is 45.0 Å². The number of aromatic nitrogens is 2. The maximum absolute atomic E-state index is 9.88. The third kappa shape index (κ3) is 3.49. The monoisotopic (exact) mass is 388 g/mol. The Morgan fingerprint density at radius 2 is 1.10 bits per heavy atom. The van der Waals surface area contributed by atoms with Crippen LogP contribution in [0.2, 0.25) is 0 Å². The van der Waals surface area contributed by atoms with Gasteiger partial charge in [0, 0.05) is 16.7 Å². The third-order valence-electron chi connectivity index (χ3n) is 5.15. The van der Waals surface area contributed by atoms with Gasteiger partial charge in [-0.05, 0) is 23.3 Å². The van der Waals surface area contributed by atoms with Crippen LogP contribution in [0.3, 0.4) is 0 Å². The molecule has 3 heteroatoms. The summed E-state index contributed by atoms with van der Waals surface area (Å²) < 4.78 is 0. The largest absolute Gasteiger partial charge is 0.508 e. The van der Waals surface area contributed by atoms with E-state index >= 15 is 0 Å². The number of imidazole rings is 1. The maximum Gasteiger partial charge on any atom is 0.138 e. The first-order valence-corrected chi connectivity index (χ1v) is 9.88. The first-order chi connectivity index (χ1) is 14.8. The topological polar surface area (TPSA) is 48.9 Å². The lowest BCUT2D eigenvalue weighted by Gasteiger charge is -2.05. The van der Waals surface area contributed by atoms with Gasteiger partial charge < -0.3 is 10.1 Å². The van der Waals surface area contributed by atoms with Crippen LogP contribution < -0.4 is 0 Å². The normalized spacial score (nSPS) is 10.8. The minimum absolute atomic E-state index is 0.221. The molecule has 0 aliphatic rings. The van der Waals surface area contributed by atoms with Crippen molar-refractivity contribution in [1.82, 2.24) is 9.97 Å². The molecule has 0 atom stereocenters. The standard InChI is InChI=1S/C27H20N2O/c30-24-13-7-12-23(18-24)27-28-25(21-10-5-2-6-11-21)26(29-27)22-16-14-20(15-17-22)19-8-3-1-4-9-19/h1-18,30H,(H,28,29). The number of nitrogens with one attached hydrogen (secondary N) is 1. The van der Waals surface area contributed by atoms with Crippen molar-refractivity contribution in [2.75, 3.05) is 0 Å². The molecule has 0 fully saturated rings. The SMILES string of the molecule is Oc1cccc(-c2nc(-c3ccc(-c4ccccc4)cc3)c(-c3ccccc3)[nH]2)c1. The van der Waals surface area contributed by atoms with Crippen LogP contribution in [-0.2, 0) is 0 Å². The van der Waals surface area contributed by atoms with E-state index in [2.05, 4.69) is 53.5 Å². The second-order valence-corrected chi connectivity index (χ2v) is 7.17. The van der Waals surface area contributed by atoms with E-state index in [0.29, 0.717) is 0 Å². The lowest BCUT2D eigenvalue weighted by Crippen LogP contribution is -1.84. The number of phenols is 1. The van der Waals surface area contributed by atoms with Gasteiger partial charge in [0.25, 0.3) is 0 Å². The van der Waals surface area contributed by atoms with Crippen molar-refractivity contribution in [3.05, 3.63) is 109 Å². The van der Waals surface area contributed by atoms with Crippen LogP contribution >= 0.6 is 0 Å². The highest BCUT2D eigenvalue weighted by molar-refractivity contribution is 5.82. The summed E-state index contributed by atoms with van der Waals surface area (Å²) in [4.78, 5) is 8.37. The summed E-state index contributed by atoms with van der Waals surface area (Å²) in [6, 6.07) is 36.1. The minimum atomic E-state index is 0.221. The van der Waals surface area contributed by atoms with Gasteiger partial charge in [-0.25, -0.2) is 4.98 Å². The molecule has 0 unspecified atom stereocenters. The van der Waals surface area contributed by atoms with Crippen molar-refractivity contribution in [2.45, 2.75) is 0 Å². The van der Waals surface area contributed by atoms with Gasteiger partial charge in [0.15, 0.2) is 0 Å². The number of aromatic hydroxyl groups is 1. The number of rotatable bonds is 4.